The molecule has 1 aromatic rings. The van der Waals surface area contributed by atoms with Crippen LogP contribution in [0.25, 0.3) is 0 Å². The van der Waals surface area contributed by atoms with Gasteiger partial charge in [-0.2, -0.15) is 0 Å². The van der Waals surface area contributed by atoms with E-state index in [2.05, 4.69) is 66.3 Å². The van der Waals surface area contributed by atoms with Crippen LogP contribution in [-0.4, -0.2) is 6.54 Å². The van der Waals surface area contributed by atoms with E-state index >= 15 is 0 Å². The summed E-state index contributed by atoms with van der Waals surface area (Å²) in [5.74, 6) is 0.787. The highest BCUT2D eigenvalue weighted by atomic mass is 79.9. The number of nitrogens with one attached hydrogen (secondary N) is 1. The summed E-state index contributed by atoms with van der Waals surface area (Å²) in [7, 11) is 0. The molecular formula is C15H22BrN. The molecule has 0 spiro atoms. The lowest BCUT2D eigenvalue weighted by Gasteiger charge is -2.21. The number of halogens is 1. The van der Waals surface area contributed by atoms with Crippen LogP contribution >= 0.6 is 15.9 Å². The molecule has 0 aliphatic heterocycles. The maximum atomic E-state index is 3.71. The third kappa shape index (κ3) is 3.11. The second kappa shape index (κ2) is 5.11. The molecular weight excluding hydrogens is 274 g/mol. The van der Waals surface area contributed by atoms with E-state index in [9.17, 15) is 0 Å². The van der Waals surface area contributed by atoms with Crippen molar-refractivity contribution in [3.05, 3.63) is 34.3 Å². The van der Waals surface area contributed by atoms with Crippen LogP contribution in [0.1, 0.15) is 45.2 Å². The van der Waals surface area contributed by atoms with Crippen LogP contribution in [0.15, 0.2) is 28.7 Å². The molecule has 1 nitrogen and oxygen atoms in total. The summed E-state index contributed by atoms with van der Waals surface area (Å²) in [6.45, 7) is 8.07. The Morgan fingerprint density at radius 2 is 1.94 bits per heavy atom. The van der Waals surface area contributed by atoms with Crippen molar-refractivity contribution in [2.75, 3.05) is 6.54 Å². The zero-order chi connectivity index (χ0) is 12.5. The third-order valence-electron chi connectivity index (χ3n) is 3.84. The van der Waals surface area contributed by atoms with Gasteiger partial charge in [-0.05, 0) is 48.4 Å². The SMILES string of the molecule is CCCNC(c1ccc(Br)cc1)C1CC1(C)C. The second-order valence-corrected chi connectivity index (χ2v) is 6.70. The van der Waals surface area contributed by atoms with Gasteiger partial charge in [0.15, 0.2) is 0 Å². The van der Waals surface area contributed by atoms with Crippen molar-refractivity contribution in [3.8, 4) is 0 Å². The Kier molecular flexibility index (Phi) is 3.94. The standard InChI is InChI=1S/C15H22BrN/c1-4-9-17-14(13-10-15(13,2)3)11-5-7-12(16)8-6-11/h5-8,13-14,17H,4,9-10H2,1-3H3. The molecule has 2 atom stereocenters. The van der Waals surface area contributed by atoms with Gasteiger partial charge < -0.3 is 5.32 Å². The fourth-order valence-corrected chi connectivity index (χ4v) is 2.80. The van der Waals surface area contributed by atoms with Gasteiger partial charge in [-0.25, -0.2) is 0 Å². The molecule has 0 aromatic heterocycles. The first-order valence-corrected chi connectivity index (χ1v) is 7.33. The van der Waals surface area contributed by atoms with Gasteiger partial charge in [0.05, 0.1) is 0 Å². The van der Waals surface area contributed by atoms with Crippen molar-refractivity contribution in [1.29, 1.82) is 0 Å². The van der Waals surface area contributed by atoms with Crippen LogP contribution in [0.3, 0.4) is 0 Å². The molecule has 1 N–H and O–H groups in total. The van der Waals surface area contributed by atoms with E-state index in [1.165, 1.54) is 18.4 Å². The molecule has 0 saturated heterocycles. The molecule has 94 valence electrons. The minimum atomic E-state index is 0.512. The summed E-state index contributed by atoms with van der Waals surface area (Å²) >= 11 is 3.50. The summed E-state index contributed by atoms with van der Waals surface area (Å²) < 4.78 is 1.16. The first-order valence-electron chi connectivity index (χ1n) is 6.53. The molecule has 2 unspecified atom stereocenters. The Morgan fingerprint density at radius 3 is 2.41 bits per heavy atom. The summed E-state index contributed by atoms with van der Waals surface area (Å²) in [4.78, 5) is 0. The molecule has 0 heterocycles. The zero-order valence-electron chi connectivity index (χ0n) is 11.0. The van der Waals surface area contributed by atoms with Gasteiger partial charge in [0.1, 0.15) is 0 Å². The van der Waals surface area contributed by atoms with Crippen molar-refractivity contribution in [1.82, 2.24) is 5.32 Å². The monoisotopic (exact) mass is 295 g/mol. The maximum Gasteiger partial charge on any atom is 0.0353 e. The predicted octanol–water partition coefficient (Wildman–Crippen LogP) is 4.54. The van der Waals surface area contributed by atoms with Gasteiger partial charge in [0.25, 0.3) is 0 Å². The van der Waals surface area contributed by atoms with Crippen LogP contribution in [0.5, 0.6) is 0 Å². The lowest BCUT2D eigenvalue weighted by atomic mass is 9.97. The smallest absolute Gasteiger partial charge is 0.0353 e. The van der Waals surface area contributed by atoms with Gasteiger partial charge in [0.2, 0.25) is 0 Å². The highest BCUT2D eigenvalue weighted by molar-refractivity contribution is 9.10. The molecule has 1 fully saturated rings. The largest absolute Gasteiger partial charge is 0.310 e. The average molecular weight is 296 g/mol. The molecule has 0 bridgehead atoms. The summed E-state index contributed by atoms with van der Waals surface area (Å²) in [5, 5.41) is 3.71. The Morgan fingerprint density at radius 1 is 1.35 bits per heavy atom. The van der Waals surface area contributed by atoms with Crippen molar-refractivity contribution in [2.45, 2.75) is 39.7 Å². The molecule has 2 rings (SSSR count). The van der Waals surface area contributed by atoms with E-state index in [1.54, 1.807) is 0 Å². The lowest BCUT2D eigenvalue weighted by Crippen LogP contribution is -2.25. The molecule has 1 saturated carbocycles. The molecule has 2 heteroatoms. The minimum Gasteiger partial charge on any atom is -0.310 e. The number of hydrogen-bond acceptors (Lipinski definition) is 1. The van der Waals surface area contributed by atoms with Gasteiger partial charge in [0, 0.05) is 10.5 Å². The quantitative estimate of drug-likeness (QED) is 0.841. The zero-order valence-corrected chi connectivity index (χ0v) is 12.5. The first-order chi connectivity index (χ1) is 8.04. The molecule has 17 heavy (non-hydrogen) atoms. The van der Waals surface area contributed by atoms with Crippen LogP contribution in [-0.2, 0) is 0 Å². The van der Waals surface area contributed by atoms with E-state index in [0.717, 1.165) is 16.9 Å². The molecule has 1 aliphatic rings. The summed E-state index contributed by atoms with van der Waals surface area (Å²) in [6.07, 6.45) is 2.53. The predicted molar refractivity (Wildman–Crippen MR) is 77.1 cm³/mol. The first kappa shape index (κ1) is 13.1. The van der Waals surface area contributed by atoms with Gasteiger partial charge in [-0.1, -0.05) is 48.8 Å². The van der Waals surface area contributed by atoms with Crippen molar-refractivity contribution < 1.29 is 0 Å². The number of rotatable bonds is 5. The van der Waals surface area contributed by atoms with Crippen molar-refractivity contribution in [3.63, 3.8) is 0 Å². The molecule has 1 aliphatic carbocycles. The molecule has 0 amide bonds. The number of hydrogen-bond donors (Lipinski definition) is 1. The molecule has 0 radical (unpaired) electrons. The van der Waals surface area contributed by atoms with E-state index < -0.39 is 0 Å². The topological polar surface area (TPSA) is 12.0 Å². The fraction of sp³-hybridized carbons (Fsp3) is 0.600. The Balaban J connectivity index is 2.13. The molecule has 1 aromatic carbocycles. The van der Waals surface area contributed by atoms with Gasteiger partial charge in [-0.3, -0.25) is 0 Å². The normalized spacial score (nSPS) is 23.4. The van der Waals surface area contributed by atoms with Crippen LogP contribution < -0.4 is 5.32 Å². The third-order valence-corrected chi connectivity index (χ3v) is 4.36. The lowest BCUT2D eigenvalue weighted by molar-refractivity contribution is 0.416. The summed E-state index contributed by atoms with van der Waals surface area (Å²) in [5.41, 5.74) is 1.94. The highest BCUT2D eigenvalue weighted by Gasteiger charge is 2.50. The van der Waals surface area contributed by atoms with Crippen LogP contribution in [0.2, 0.25) is 0 Å². The average Bonchev–Trinajstić information content (AvgIpc) is 2.91. The van der Waals surface area contributed by atoms with Gasteiger partial charge in [-0.15, -0.1) is 0 Å². The van der Waals surface area contributed by atoms with Crippen LogP contribution in [0.4, 0.5) is 0 Å². The highest BCUT2D eigenvalue weighted by Crippen LogP contribution is 2.57. The van der Waals surface area contributed by atoms with E-state index in [1.807, 2.05) is 0 Å². The van der Waals surface area contributed by atoms with E-state index in [-0.39, 0.29) is 0 Å². The Labute approximate surface area is 113 Å². The fourth-order valence-electron chi connectivity index (χ4n) is 2.54. The Hall–Kier alpha value is -0.340. The van der Waals surface area contributed by atoms with E-state index in [0.29, 0.717) is 11.5 Å². The summed E-state index contributed by atoms with van der Waals surface area (Å²) in [6, 6.07) is 9.30. The number of benzene rings is 1. The van der Waals surface area contributed by atoms with Crippen molar-refractivity contribution >= 4 is 15.9 Å². The maximum absolute atomic E-state index is 3.71. The van der Waals surface area contributed by atoms with E-state index in [4.69, 9.17) is 0 Å². The Bertz CT molecular complexity index is 369. The second-order valence-electron chi connectivity index (χ2n) is 5.78. The minimum absolute atomic E-state index is 0.512. The van der Waals surface area contributed by atoms with Crippen molar-refractivity contribution in [2.24, 2.45) is 11.3 Å². The van der Waals surface area contributed by atoms with Crippen LogP contribution in [0, 0.1) is 11.3 Å². The van der Waals surface area contributed by atoms with Gasteiger partial charge >= 0.3 is 0 Å².